The predicted octanol–water partition coefficient (Wildman–Crippen LogP) is 3.42. The van der Waals surface area contributed by atoms with Crippen molar-refractivity contribution in [2.45, 2.75) is 57.7 Å². The van der Waals surface area contributed by atoms with Crippen molar-refractivity contribution < 1.29 is 23.6 Å². The molecule has 0 radical (unpaired) electrons. The molecule has 1 aliphatic carbocycles. The summed E-state index contributed by atoms with van der Waals surface area (Å²) in [7, 11) is 0. The van der Waals surface area contributed by atoms with Crippen LogP contribution >= 0.6 is 11.6 Å². The first-order valence-electron chi connectivity index (χ1n) is 7.47. The molecule has 0 spiro atoms. The van der Waals surface area contributed by atoms with Crippen molar-refractivity contribution in [3.63, 3.8) is 0 Å². The molecule has 0 atom stereocenters. The first kappa shape index (κ1) is 17.5. The minimum Gasteiger partial charge on any atom is -0.462 e. The van der Waals surface area contributed by atoms with E-state index in [0.717, 1.165) is 12.8 Å². The van der Waals surface area contributed by atoms with E-state index in [9.17, 15) is 9.59 Å². The Morgan fingerprint density at radius 3 is 2.43 bits per heavy atom. The predicted molar refractivity (Wildman–Crippen MR) is 84.2 cm³/mol. The molecular weight excluding hydrogens is 322 g/mol. The molecular formula is C16H20ClNO5. The summed E-state index contributed by atoms with van der Waals surface area (Å²) in [6.07, 6.45) is 3.99. The Morgan fingerprint density at radius 2 is 1.96 bits per heavy atom. The molecule has 0 aliphatic heterocycles. The molecule has 126 valence electrons. The molecule has 1 heterocycles. The Morgan fingerprint density at radius 1 is 1.30 bits per heavy atom. The summed E-state index contributed by atoms with van der Waals surface area (Å²) in [5.41, 5.74) is -1.99. The molecule has 0 N–H and O–H groups in total. The Labute approximate surface area is 139 Å². The molecule has 0 bridgehead atoms. The topological polar surface area (TPSA) is 78.1 Å². The van der Waals surface area contributed by atoms with E-state index in [1.54, 1.807) is 26.8 Å². The second kappa shape index (κ2) is 6.74. The van der Waals surface area contributed by atoms with Gasteiger partial charge < -0.3 is 14.0 Å². The summed E-state index contributed by atoms with van der Waals surface area (Å²) in [6.45, 7) is 5.36. The minimum atomic E-state index is -1.18. The molecule has 6 nitrogen and oxygen atoms in total. The maximum atomic E-state index is 12.5. The van der Waals surface area contributed by atoms with Gasteiger partial charge in [0.15, 0.2) is 5.76 Å². The van der Waals surface area contributed by atoms with Crippen LogP contribution in [0.2, 0.25) is 0 Å². The van der Waals surface area contributed by atoms with E-state index in [1.807, 2.05) is 0 Å². The van der Waals surface area contributed by atoms with Crippen LogP contribution in [-0.2, 0) is 19.2 Å². The number of esters is 1. The second-order valence-electron chi connectivity index (χ2n) is 6.49. The lowest BCUT2D eigenvalue weighted by molar-refractivity contribution is -0.183. The molecule has 0 unspecified atom stereocenters. The standard InChI is InChI=1S/C16H20ClNO5/c1-15(2,3)22-14(20)16(8-4-5-9-16)23-18-12(13(17)19)11-7-6-10-21-11/h6-7,10H,4-5,8-9H2,1-3H3. The number of carbonyl (C=O) groups excluding carboxylic acids is 2. The van der Waals surface area contributed by atoms with Crippen LogP contribution < -0.4 is 0 Å². The molecule has 1 saturated carbocycles. The molecule has 0 aromatic carbocycles. The van der Waals surface area contributed by atoms with Gasteiger partial charge in [0.1, 0.15) is 5.60 Å². The number of ether oxygens (including phenoxy) is 1. The van der Waals surface area contributed by atoms with E-state index in [2.05, 4.69) is 5.16 Å². The zero-order valence-corrected chi connectivity index (χ0v) is 14.2. The maximum absolute atomic E-state index is 12.5. The largest absolute Gasteiger partial charge is 0.462 e. The Bertz CT molecular complexity index is 594. The van der Waals surface area contributed by atoms with Gasteiger partial charge in [-0.3, -0.25) is 4.79 Å². The molecule has 1 aromatic rings. The van der Waals surface area contributed by atoms with Gasteiger partial charge in [0.05, 0.1) is 6.26 Å². The number of rotatable bonds is 5. The van der Waals surface area contributed by atoms with Crippen LogP contribution in [0.5, 0.6) is 0 Å². The fraction of sp³-hybridized carbons (Fsp3) is 0.562. The third-order valence-electron chi connectivity index (χ3n) is 3.43. The Kier molecular flexibility index (Phi) is 5.14. The molecule has 0 amide bonds. The Hall–Kier alpha value is -1.82. The first-order chi connectivity index (χ1) is 10.7. The zero-order valence-electron chi connectivity index (χ0n) is 13.4. The number of hydrogen-bond donors (Lipinski definition) is 0. The highest BCUT2D eigenvalue weighted by Crippen LogP contribution is 2.36. The quantitative estimate of drug-likeness (QED) is 0.355. The molecule has 0 saturated heterocycles. The lowest BCUT2D eigenvalue weighted by atomic mass is 10.0. The number of carbonyl (C=O) groups is 2. The summed E-state index contributed by atoms with van der Waals surface area (Å²) in [5, 5.41) is 2.99. The number of oxime groups is 1. The highest BCUT2D eigenvalue weighted by Gasteiger charge is 2.47. The van der Waals surface area contributed by atoms with Gasteiger partial charge in [-0.1, -0.05) is 5.16 Å². The van der Waals surface area contributed by atoms with E-state index in [-0.39, 0.29) is 11.5 Å². The minimum absolute atomic E-state index is 0.175. The monoisotopic (exact) mass is 341 g/mol. The van der Waals surface area contributed by atoms with Crippen LogP contribution in [0.25, 0.3) is 0 Å². The van der Waals surface area contributed by atoms with E-state index in [1.165, 1.54) is 12.3 Å². The summed E-state index contributed by atoms with van der Waals surface area (Å²) in [4.78, 5) is 29.5. The van der Waals surface area contributed by atoms with Gasteiger partial charge in [-0.15, -0.1) is 0 Å². The van der Waals surface area contributed by atoms with Crippen LogP contribution in [0.1, 0.15) is 52.2 Å². The van der Waals surface area contributed by atoms with Crippen LogP contribution in [-0.4, -0.2) is 28.1 Å². The van der Waals surface area contributed by atoms with Gasteiger partial charge >= 0.3 is 5.97 Å². The van der Waals surface area contributed by atoms with Crippen molar-refractivity contribution in [2.24, 2.45) is 5.16 Å². The van der Waals surface area contributed by atoms with Crippen LogP contribution in [0.15, 0.2) is 28.0 Å². The number of nitrogens with zero attached hydrogens (tertiary/aromatic N) is 1. The summed E-state index contributed by atoms with van der Waals surface area (Å²) >= 11 is 5.53. The van der Waals surface area contributed by atoms with Crippen LogP contribution in [0.3, 0.4) is 0 Å². The van der Waals surface area contributed by atoms with Crippen molar-refractivity contribution >= 4 is 28.5 Å². The molecule has 1 aromatic heterocycles. The maximum Gasteiger partial charge on any atom is 0.353 e. The average molecular weight is 342 g/mol. The van der Waals surface area contributed by atoms with E-state index < -0.39 is 22.4 Å². The SMILES string of the molecule is CC(C)(C)OC(=O)C1(ON=C(C(=O)Cl)c2ccco2)CCCC1. The molecule has 7 heteroatoms. The second-order valence-corrected chi connectivity index (χ2v) is 6.83. The third kappa shape index (κ3) is 4.34. The third-order valence-corrected chi connectivity index (χ3v) is 3.61. The number of furan rings is 1. The summed E-state index contributed by atoms with van der Waals surface area (Å²) in [5.74, 6) is -0.297. The van der Waals surface area contributed by atoms with Crippen LogP contribution in [0.4, 0.5) is 0 Å². The van der Waals surface area contributed by atoms with Crippen molar-refractivity contribution in [2.75, 3.05) is 0 Å². The van der Waals surface area contributed by atoms with Gasteiger partial charge in [-0.2, -0.15) is 0 Å². The molecule has 1 fully saturated rings. The molecule has 1 aliphatic rings. The van der Waals surface area contributed by atoms with Gasteiger partial charge in [-0.25, -0.2) is 4.79 Å². The van der Waals surface area contributed by atoms with E-state index in [0.29, 0.717) is 12.8 Å². The van der Waals surface area contributed by atoms with Gasteiger partial charge in [-0.05, 0) is 57.3 Å². The zero-order chi connectivity index (χ0) is 17.1. The van der Waals surface area contributed by atoms with Crippen molar-refractivity contribution in [3.8, 4) is 0 Å². The van der Waals surface area contributed by atoms with Crippen molar-refractivity contribution in [3.05, 3.63) is 24.2 Å². The van der Waals surface area contributed by atoms with Crippen molar-refractivity contribution in [1.29, 1.82) is 0 Å². The lowest BCUT2D eigenvalue weighted by Gasteiger charge is -2.29. The number of halogens is 1. The highest BCUT2D eigenvalue weighted by atomic mass is 35.5. The highest BCUT2D eigenvalue weighted by molar-refractivity contribution is 6.83. The van der Waals surface area contributed by atoms with Crippen LogP contribution in [0, 0.1) is 0 Å². The van der Waals surface area contributed by atoms with Gasteiger partial charge in [0.2, 0.25) is 11.3 Å². The lowest BCUT2D eigenvalue weighted by Crippen LogP contribution is -2.43. The smallest absolute Gasteiger partial charge is 0.353 e. The Balaban J connectivity index is 2.23. The first-order valence-corrected chi connectivity index (χ1v) is 7.85. The number of hydrogen-bond acceptors (Lipinski definition) is 6. The van der Waals surface area contributed by atoms with Gasteiger partial charge in [0, 0.05) is 12.8 Å². The molecule has 23 heavy (non-hydrogen) atoms. The summed E-state index contributed by atoms with van der Waals surface area (Å²) < 4.78 is 10.5. The van der Waals surface area contributed by atoms with E-state index in [4.69, 9.17) is 25.6 Å². The van der Waals surface area contributed by atoms with E-state index >= 15 is 0 Å². The summed E-state index contributed by atoms with van der Waals surface area (Å²) in [6, 6.07) is 3.14. The van der Waals surface area contributed by atoms with Crippen molar-refractivity contribution in [1.82, 2.24) is 0 Å². The fourth-order valence-electron chi connectivity index (χ4n) is 2.37. The normalized spacial score (nSPS) is 17.8. The molecule has 2 rings (SSSR count). The van der Waals surface area contributed by atoms with Gasteiger partial charge in [0.25, 0.3) is 5.24 Å². The fourth-order valence-corrected chi connectivity index (χ4v) is 2.50. The average Bonchev–Trinajstić information content (AvgIpc) is 3.08.